The van der Waals surface area contributed by atoms with E-state index in [9.17, 15) is 9.90 Å². The number of hydrogen-bond acceptors (Lipinski definition) is 6. The van der Waals surface area contributed by atoms with Gasteiger partial charge in [-0.1, -0.05) is 24.3 Å². The first-order valence-electron chi connectivity index (χ1n) is 13.8. The van der Waals surface area contributed by atoms with Crippen LogP contribution in [-0.2, 0) is 24.3 Å². The third-order valence-electron chi connectivity index (χ3n) is 7.14. The van der Waals surface area contributed by atoms with E-state index in [4.69, 9.17) is 9.47 Å². The molecule has 0 atom stereocenters. The van der Waals surface area contributed by atoms with Gasteiger partial charge in [0.25, 0.3) is 0 Å². The molecule has 0 unspecified atom stereocenters. The zero-order valence-corrected chi connectivity index (χ0v) is 23.7. The first-order chi connectivity index (χ1) is 21.4. The maximum absolute atomic E-state index is 15.4. The Morgan fingerprint density at radius 1 is 0.955 bits per heavy atom. The van der Waals surface area contributed by atoms with E-state index >= 15 is 8.78 Å². The van der Waals surface area contributed by atoms with Gasteiger partial charge in [0.2, 0.25) is 5.88 Å². The highest BCUT2D eigenvalue weighted by molar-refractivity contribution is 5.92. The number of aromatic nitrogens is 5. The van der Waals surface area contributed by atoms with Crippen molar-refractivity contribution in [2.24, 2.45) is 0 Å². The van der Waals surface area contributed by atoms with E-state index in [1.165, 1.54) is 12.1 Å². The molecule has 11 heteroatoms. The lowest BCUT2D eigenvalue weighted by molar-refractivity contribution is 0.0697. The van der Waals surface area contributed by atoms with Crippen LogP contribution in [0.1, 0.15) is 27.4 Å². The monoisotopic (exact) mass is 595 g/mol. The first-order valence-corrected chi connectivity index (χ1v) is 13.8. The molecule has 3 aromatic carbocycles. The van der Waals surface area contributed by atoms with Crippen LogP contribution >= 0.6 is 0 Å². The number of carboxylic acids is 1. The molecule has 9 nitrogen and oxygen atoms in total. The number of hydrogen-bond donors (Lipinski definition) is 1. The fraction of sp³-hybridized carbons (Fsp3) is 0.152. The third kappa shape index (κ3) is 6.04. The van der Waals surface area contributed by atoms with Crippen molar-refractivity contribution in [3.05, 3.63) is 126 Å². The minimum Gasteiger partial charge on any atom is -0.478 e. The Labute approximate surface area is 251 Å². The van der Waals surface area contributed by atoms with Crippen molar-refractivity contribution in [3.63, 3.8) is 0 Å². The Balaban J connectivity index is 1.22. The number of carboxylic acid groups (broad SMARTS) is 1. The molecule has 0 aliphatic heterocycles. The normalized spacial score (nSPS) is 11.2. The number of rotatable bonds is 11. The SMILES string of the molecule is COCCn1c(Cc2cc(F)c(-c3cccc(OCc4cn(-c5ccccc5)cn4)n3)cc2F)nc2ccc(C(=O)O)cc21. The highest BCUT2D eigenvalue weighted by Crippen LogP contribution is 2.28. The van der Waals surface area contributed by atoms with E-state index in [-0.39, 0.29) is 41.3 Å². The molecule has 44 heavy (non-hydrogen) atoms. The molecule has 3 heterocycles. The van der Waals surface area contributed by atoms with E-state index < -0.39 is 17.6 Å². The minimum atomic E-state index is -1.07. The van der Waals surface area contributed by atoms with Gasteiger partial charge in [-0.3, -0.25) is 0 Å². The van der Waals surface area contributed by atoms with Crippen LogP contribution in [0.2, 0.25) is 0 Å². The van der Waals surface area contributed by atoms with Crippen LogP contribution in [0, 0.1) is 11.6 Å². The number of imidazole rings is 2. The zero-order chi connectivity index (χ0) is 30.6. The molecule has 0 saturated carbocycles. The molecule has 0 saturated heterocycles. The van der Waals surface area contributed by atoms with Crippen LogP contribution in [0.25, 0.3) is 28.0 Å². The van der Waals surface area contributed by atoms with Crippen LogP contribution in [0.4, 0.5) is 8.78 Å². The van der Waals surface area contributed by atoms with Crippen LogP contribution in [0.5, 0.6) is 5.88 Å². The number of fused-ring (bicyclic) bond motifs is 1. The Morgan fingerprint density at radius 3 is 2.59 bits per heavy atom. The number of nitrogens with zero attached hydrogens (tertiary/aromatic N) is 5. The van der Waals surface area contributed by atoms with Gasteiger partial charge in [-0.05, 0) is 54.1 Å². The summed E-state index contributed by atoms with van der Waals surface area (Å²) in [6.07, 6.45) is 3.52. The number of benzene rings is 3. The van der Waals surface area contributed by atoms with E-state index in [0.717, 1.165) is 17.8 Å². The summed E-state index contributed by atoms with van der Waals surface area (Å²) in [6.45, 7) is 0.825. The van der Waals surface area contributed by atoms with Crippen LogP contribution in [0.15, 0.2) is 91.4 Å². The average molecular weight is 596 g/mol. The summed E-state index contributed by atoms with van der Waals surface area (Å²) in [5.41, 5.74) is 3.17. The van der Waals surface area contributed by atoms with Gasteiger partial charge in [0.05, 0.1) is 40.9 Å². The van der Waals surface area contributed by atoms with E-state index in [1.807, 2.05) is 41.1 Å². The Kier molecular flexibility index (Phi) is 8.11. The largest absolute Gasteiger partial charge is 0.478 e. The second-order valence-corrected chi connectivity index (χ2v) is 10.0. The molecule has 0 spiro atoms. The van der Waals surface area contributed by atoms with Crippen LogP contribution in [0.3, 0.4) is 0 Å². The second-order valence-electron chi connectivity index (χ2n) is 10.0. The Hall–Kier alpha value is -5.42. The number of halogens is 2. The van der Waals surface area contributed by atoms with Gasteiger partial charge in [-0.15, -0.1) is 0 Å². The summed E-state index contributed by atoms with van der Waals surface area (Å²) < 4.78 is 45.5. The lowest BCUT2D eigenvalue weighted by Crippen LogP contribution is -2.10. The Morgan fingerprint density at radius 2 is 1.80 bits per heavy atom. The van der Waals surface area contributed by atoms with Gasteiger partial charge in [-0.25, -0.2) is 28.5 Å². The van der Waals surface area contributed by atoms with Crippen molar-refractivity contribution in [2.45, 2.75) is 19.6 Å². The number of pyridine rings is 1. The topological polar surface area (TPSA) is 104 Å². The average Bonchev–Trinajstić information content (AvgIpc) is 3.65. The summed E-state index contributed by atoms with van der Waals surface area (Å²) >= 11 is 0. The van der Waals surface area contributed by atoms with Crippen LogP contribution in [-0.4, -0.2) is 48.9 Å². The van der Waals surface area contributed by atoms with Gasteiger partial charge >= 0.3 is 5.97 Å². The number of para-hydroxylation sites is 1. The van der Waals surface area contributed by atoms with Crippen molar-refractivity contribution in [2.75, 3.05) is 13.7 Å². The van der Waals surface area contributed by atoms with Gasteiger partial charge in [0.1, 0.15) is 24.1 Å². The summed E-state index contributed by atoms with van der Waals surface area (Å²) in [4.78, 5) is 24.9. The molecule has 1 N–H and O–H groups in total. The van der Waals surface area contributed by atoms with Gasteiger partial charge in [-0.2, -0.15) is 0 Å². The number of methoxy groups -OCH3 is 1. The maximum atomic E-state index is 15.4. The lowest BCUT2D eigenvalue weighted by Gasteiger charge is -2.11. The highest BCUT2D eigenvalue weighted by atomic mass is 19.1. The number of aromatic carboxylic acids is 1. The summed E-state index contributed by atoms with van der Waals surface area (Å²) in [5.74, 6) is -1.65. The molecule has 0 aliphatic rings. The molecular formula is C33H27F2N5O4. The molecular weight excluding hydrogens is 568 g/mol. The Bertz CT molecular complexity index is 1960. The number of ether oxygens (including phenoxy) is 2. The van der Waals surface area contributed by atoms with E-state index in [0.29, 0.717) is 35.7 Å². The summed E-state index contributed by atoms with van der Waals surface area (Å²) in [6, 6.07) is 21.4. The zero-order valence-electron chi connectivity index (χ0n) is 23.7. The first kappa shape index (κ1) is 28.7. The summed E-state index contributed by atoms with van der Waals surface area (Å²) in [5, 5.41) is 9.42. The van der Waals surface area contributed by atoms with Crippen molar-refractivity contribution in [3.8, 4) is 22.8 Å². The molecule has 3 aromatic heterocycles. The second kappa shape index (κ2) is 12.4. The standard InChI is InChI=1S/C33H27F2N5O4/c1-43-13-12-40-30-15-21(33(41)42)10-11-29(30)37-31(40)16-22-14-27(35)25(17-26(22)34)28-8-5-9-32(38-28)44-19-23-18-39(20-36-23)24-6-3-2-4-7-24/h2-11,14-15,17-18,20H,12-13,16,19H2,1H3,(H,41,42). The van der Waals surface area contributed by atoms with Crippen molar-refractivity contribution in [1.29, 1.82) is 0 Å². The third-order valence-corrected chi connectivity index (χ3v) is 7.14. The molecule has 0 bridgehead atoms. The maximum Gasteiger partial charge on any atom is 0.335 e. The molecule has 0 radical (unpaired) electrons. The quantitative estimate of drug-likeness (QED) is 0.194. The molecule has 222 valence electrons. The van der Waals surface area contributed by atoms with Crippen molar-refractivity contribution in [1.82, 2.24) is 24.1 Å². The van der Waals surface area contributed by atoms with Crippen molar-refractivity contribution < 1.29 is 28.2 Å². The smallest absolute Gasteiger partial charge is 0.335 e. The fourth-order valence-electron chi connectivity index (χ4n) is 4.94. The predicted octanol–water partition coefficient (Wildman–Crippen LogP) is 6.08. The number of carbonyl (C=O) groups is 1. The van der Waals surface area contributed by atoms with Gasteiger partial charge in [0, 0.05) is 43.6 Å². The molecule has 6 aromatic rings. The van der Waals surface area contributed by atoms with E-state index in [2.05, 4.69) is 15.0 Å². The molecule has 0 fully saturated rings. The molecule has 0 aliphatic carbocycles. The van der Waals surface area contributed by atoms with Gasteiger partial charge in [0.15, 0.2) is 0 Å². The molecule has 0 amide bonds. The fourth-order valence-corrected chi connectivity index (χ4v) is 4.94. The predicted molar refractivity (Wildman–Crippen MR) is 159 cm³/mol. The van der Waals surface area contributed by atoms with Gasteiger partial charge < -0.3 is 23.7 Å². The van der Waals surface area contributed by atoms with Crippen molar-refractivity contribution >= 4 is 17.0 Å². The summed E-state index contributed by atoms with van der Waals surface area (Å²) in [7, 11) is 1.54. The van der Waals surface area contributed by atoms with E-state index in [1.54, 1.807) is 42.3 Å². The molecule has 6 rings (SSSR count). The van der Waals surface area contributed by atoms with Crippen LogP contribution < -0.4 is 4.74 Å². The lowest BCUT2D eigenvalue weighted by atomic mass is 10.0. The highest BCUT2D eigenvalue weighted by Gasteiger charge is 2.18. The minimum absolute atomic E-state index is 0.0101.